The van der Waals surface area contributed by atoms with Gasteiger partial charge in [0.15, 0.2) is 5.82 Å². The lowest BCUT2D eigenvalue weighted by molar-refractivity contribution is -0.115. The van der Waals surface area contributed by atoms with Crippen LogP contribution in [0, 0.1) is 0 Å². The van der Waals surface area contributed by atoms with Crippen molar-refractivity contribution < 1.29 is 19.1 Å². The van der Waals surface area contributed by atoms with E-state index in [4.69, 9.17) is 9.47 Å². The van der Waals surface area contributed by atoms with Crippen LogP contribution in [0.1, 0.15) is 20.8 Å². The number of hydrogen-bond acceptors (Lipinski definition) is 6. The number of carbonyl (C=O) groups is 2. The van der Waals surface area contributed by atoms with E-state index in [-0.39, 0.29) is 18.2 Å². The summed E-state index contributed by atoms with van der Waals surface area (Å²) in [6, 6.07) is 16.6. The number of ether oxygens (including phenoxy) is 2. The van der Waals surface area contributed by atoms with Gasteiger partial charge in [-0.25, -0.2) is 0 Å². The van der Waals surface area contributed by atoms with Crippen LogP contribution < -0.4 is 20.1 Å². The van der Waals surface area contributed by atoms with Crippen LogP contribution in [0.2, 0.25) is 0 Å². The van der Waals surface area contributed by atoms with Crippen molar-refractivity contribution in [3.63, 3.8) is 0 Å². The van der Waals surface area contributed by atoms with Crippen LogP contribution in [0.3, 0.4) is 0 Å². The molecule has 32 heavy (non-hydrogen) atoms. The highest BCUT2D eigenvalue weighted by Gasteiger charge is 2.16. The summed E-state index contributed by atoms with van der Waals surface area (Å²) >= 11 is 1.29. The molecule has 0 saturated carbocycles. The van der Waals surface area contributed by atoms with Crippen LogP contribution in [0.25, 0.3) is 10.2 Å². The van der Waals surface area contributed by atoms with Crippen LogP contribution in [-0.2, 0) is 17.8 Å². The predicted octanol–water partition coefficient (Wildman–Crippen LogP) is 3.75. The molecule has 2 aromatic carbocycles. The van der Waals surface area contributed by atoms with Gasteiger partial charge in [0.1, 0.15) is 16.3 Å². The molecule has 8 nitrogen and oxygen atoms in total. The molecule has 0 aliphatic carbocycles. The Hall–Kier alpha value is -3.85. The van der Waals surface area contributed by atoms with Crippen molar-refractivity contribution in [2.45, 2.75) is 13.0 Å². The number of amides is 2. The number of aromatic amines is 1. The Morgan fingerprint density at radius 2 is 1.78 bits per heavy atom. The van der Waals surface area contributed by atoms with Gasteiger partial charge in [0, 0.05) is 6.54 Å². The lowest BCUT2D eigenvalue weighted by Gasteiger charge is -2.05. The van der Waals surface area contributed by atoms with Crippen molar-refractivity contribution in [2.75, 3.05) is 19.5 Å². The number of nitrogens with zero attached hydrogens (tertiary/aromatic N) is 1. The SMILES string of the molecule is COc1ccc(CNC(=O)c2cc3c(NC(=O)Cc4cccc(OC)c4)n[nH]c3s2)cc1. The van der Waals surface area contributed by atoms with E-state index in [0.29, 0.717) is 28.4 Å². The number of methoxy groups -OCH3 is 2. The number of benzene rings is 2. The largest absolute Gasteiger partial charge is 0.497 e. The molecule has 4 aromatic rings. The number of nitrogens with one attached hydrogen (secondary N) is 3. The number of rotatable bonds is 8. The average Bonchev–Trinajstić information content (AvgIpc) is 3.40. The van der Waals surface area contributed by atoms with Gasteiger partial charge in [0.2, 0.25) is 5.91 Å². The topological polar surface area (TPSA) is 105 Å². The van der Waals surface area contributed by atoms with E-state index in [1.54, 1.807) is 20.3 Å². The highest BCUT2D eigenvalue weighted by Crippen LogP contribution is 2.29. The predicted molar refractivity (Wildman–Crippen MR) is 123 cm³/mol. The molecule has 9 heteroatoms. The Morgan fingerprint density at radius 1 is 1.00 bits per heavy atom. The molecular formula is C23H22N4O4S. The monoisotopic (exact) mass is 450 g/mol. The number of thiophene rings is 1. The van der Waals surface area contributed by atoms with E-state index in [2.05, 4.69) is 20.8 Å². The van der Waals surface area contributed by atoms with Crippen LogP contribution in [-0.4, -0.2) is 36.2 Å². The third kappa shape index (κ3) is 4.89. The second-order valence-corrected chi connectivity index (χ2v) is 8.09. The van der Waals surface area contributed by atoms with Crippen molar-refractivity contribution in [1.82, 2.24) is 15.5 Å². The third-order valence-electron chi connectivity index (χ3n) is 4.85. The summed E-state index contributed by atoms with van der Waals surface area (Å²) in [5, 5.41) is 13.5. The summed E-state index contributed by atoms with van der Waals surface area (Å²) in [6.45, 7) is 0.400. The maximum atomic E-state index is 12.6. The zero-order valence-electron chi connectivity index (χ0n) is 17.6. The molecule has 0 fully saturated rings. The van der Waals surface area contributed by atoms with Gasteiger partial charge in [-0.3, -0.25) is 14.7 Å². The summed E-state index contributed by atoms with van der Waals surface area (Å²) in [5.41, 5.74) is 1.80. The van der Waals surface area contributed by atoms with Crippen LogP contribution in [0.5, 0.6) is 11.5 Å². The van der Waals surface area contributed by atoms with Crippen molar-refractivity contribution in [3.8, 4) is 11.5 Å². The normalized spacial score (nSPS) is 10.7. The minimum absolute atomic E-state index is 0.185. The van der Waals surface area contributed by atoms with Gasteiger partial charge in [0.25, 0.3) is 5.91 Å². The van der Waals surface area contributed by atoms with E-state index in [1.165, 1.54) is 11.3 Å². The Balaban J connectivity index is 1.39. The van der Waals surface area contributed by atoms with Gasteiger partial charge < -0.3 is 20.1 Å². The van der Waals surface area contributed by atoms with Crippen molar-refractivity contribution in [2.24, 2.45) is 0 Å². The number of anilines is 1. The minimum Gasteiger partial charge on any atom is -0.497 e. The molecule has 164 valence electrons. The first-order valence-electron chi connectivity index (χ1n) is 9.87. The Bertz CT molecular complexity index is 1250. The van der Waals surface area contributed by atoms with Gasteiger partial charge in [-0.05, 0) is 41.5 Å². The van der Waals surface area contributed by atoms with Gasteiger partial charge in [0.05, 0.1) is 30.9 Å². The molecular weight excluding hydrogens is 428 g/mol. The van der Waals surface area contributed by atoms with Crippen molar-refractivity contribution >= 4 is 39.2 Å². The molecule has 0 radical (unpaired) electrons. The van der Waals surface area contributed by atoms with E-state index in [0.717, 1.165) is 21.7 Å². The number of carbonyl (C=O) groups excluding carboxylic acids is 2. The zero-order chi connectivity index (χ0) is 22.5. The fourth-order valence-electron chi connectivity index (χ4n) is 3.18. The van der Waals surface area contributed by atoms with E-state index < -0.39 is 0 Å². The molecule has 0 spiro atoms. The fraction of sp³-hybridized carbons (Fsp3) is 0.174. The number of fused-ring (bicyclic) bond motifs is 1. The van der Waals surface area contributed by atoms with E-state index >= 15 is 0 Å². The molecule has 4 rings (SSSR count). The maximum Gasteiger partial charge on any atom is 0.261 e. The molecule has 2 heterocycles. The maximum absolute atomic E-state index is 12.6. The third-order valence-corrected chi connectivity index (χ3v) is 5.89. The number of aromatic nitrogens is 2. The molecule has 3 N–H and O–H groups in total. The van der Waals surface area contributed by atoms with Crippen molar-refractivity contribution in [3.05, 3.63) is 70.6 Å². The molecule has 0 saturated heterocycles. The fourth-order valence-corrected chi connectivity index (χ4v) is 4.10. The molecule has 0 bridgehead atoms. The number of hydrogen-bond donors (Lipinski definition) is 3. The Labute approximate surface area is 188 Å². The van der Waals surface area contributed by atoms with Gasteiger partial charge in [-0.2, -0.15) is 5.10 Å². The Morgan fingerprint density at radius 3 is 2.53 bits per heavy atom. The summed E-state index contributed by atoms with van der Waals surface area (Å²) in [7, 11) is 3.20. The first-order chi connectivity index (χ1) is 15.6. The van der Waals surface area contributed by atoms with Crippen LogP contribution in [0.4, 0.5) is 5.82 Å². The Kier molecular flexibility index (Phi) is 6.37. The summed E-state index contributed by atoms with van der Waals surface area (Å²) in [4.78, 5) is 26.3. The van der Waals surface area contributed by atoms with Crippen LogP contribution >= 0.6 is 11.3 Å². The highest BCUT2D eigenvalue weighted by molar-refractivity contribution is 7.20. The van der Waals surface area contributed by atoms with Gasteiger partial charge in [-0.1, -0.05) is 24.3 Å². The lowest BCUT2D eigenvalue weighted by Crippen LogP contribution is -2.21. The molecule has 0 unspecified atom stereocenters. The summed E-state index contributed by atoms with van der Waals surface area (Å²) < 4.78 is 10.3. The van der Waals surface area contributed by atoms with E-state index in [9.17, 15) is 9.59 Å². The second-order valence-electron chi connectivity index (χ2n) is 7.03. The number of H-pyrrole nitrogens is 1. The average molecular weight is 451 g/mol. The smallest absolute Gasteiger partial charge is 0.261 e. The lowest BCUT2D eigenvalue weighted by atomic mass is 10.1. The van der Waals surface area contributed by atoms with Gasteiger partial charge >= 0.3 is 0 Å². The van der Waals surface area contributed by atoms with E-state index in [1.807, 2.05) is 48.5 Å². The zero-order valence-corrected chi connectivity index (χ0v) is 18.4. The quantitative estimate of drug-likeness (QED) is 0.379. The summed E-state index contributed by atoms with van der Waals surface area (Å²) in [5.74, 6) is 1.47. The first-order valence-corrected chi connectivity index (χ1v) is 10.7. The molecule has 0 atom stereocenters. The highest BCUT2D eigenvalue weighted by atomic mass is 32.1. The molecule has 0 aliphatic heterocycles. The second kappa shape index (κ2) is 9.52. The molecule has 2 aromatic heterocycles. The van der Waals surface area contributed by atoms with Gasteiger partial charge in [-0.15, -0.1) is 11.3 Å². The van der Waals surface area contributed by atoms with Crippen molar-refractivity contribution in [1.29, 1.82) is 0 Å². The molecule has 2 amide bonds. The summed E-state index contributed by atoms with van der Waals surface area (Å²) in [6.07, 6.45) is 0.185. The standard InChI is InChI=1S/C23H22N4O4S/c1-30-16-8-6-14(7-9-16)13-24-22(29)19-12-18-21(26-27-23(18)32-19)25-20(28)11-15-4-3-5-17(10-15)31-2/h3-10,12H,11,13H2,1-2H3,(H,24,29)(H2,25,26,27,28). The molecule has 0 aliphatic rings. The first kappa shape index (κ1) is 21.4. The minimum atomic E-state index is -0.205. The van der Waals surface area contributed by atoms with Crippen LogP contribution in [0.15, 0.2) is 54.6 Å².